The summed E-state index contributed by atoms with van der Waals surface area (Å²) in [6.07, 6.45) is -3.41. The number of hydrogen-bond donors (Lipinski definition) is 1. The number of nitrogens with two attached hydrogens (primary N) is 1. The van der Waals surface area contributed by atoms with Crippen LogP contribution in [0.4, 0.5) is 13.2 Å². The second-order valence-electron chi connectivity index (χ2n) is 6.50. The molecule has 0 atom stereocenters. The third kappa shape index (κ3) is 2.66. The molecule has 24 heavy (non-hydrogen) atoms. The summed E-state index contributed by atoms with van der Waals surface area (Å²) in [6.45, 7) is 4.18. The van der Waals surface area contributed by atoms with Gasteiger partial charge in [0.25, 0.3) is 0 Å². The number of hydrogen-bond acceptors (Lipinski definition) is 3. The number of carbonyl (C=O) groups is 1. The molecule has 0 aliphatic carbocycles. The summed E-state index contributed by atoms with van der Waals surface area (Å²) >= 11 is 0. The third-order valence-corrected chi connectivity index (χ3v) is 4.49. The molecule has 0 bridgehead atoms. The first kappa shape index (κ1) is 16.8. The van der Waals surface area contributed by atoms with Crippen molar-refractivity contribution >= 4 is 11.6 Å². The molecule has 3 rings (SSSR count). The van der Waals surface area contributed by atoms with Gasteiger partial charge in [0.15, 0.2) is 0 Å². The van der Waals surface area contributed by atoms with Crippen LogP contribution in [0, 0.1) is 0 Å². The lowest BCUT2D eigenvalue weighted by Gasteiger charge is -2.39. The number of ether oxygens (including phenoxy) is 1. The van der Waals surface area contributed by atoms with Crippen molar-refractivity contribution in [3.8, 4) is 5.75 Å². The van der Waals surface area contributed by atoms with Gasteiger partial charge >= 0.3 is 6.18 Å². The largest absolute Gasteiger partial charge is 0.483 e. The minimum atomic E-state index is -4.47. The molecule has 1 aromatic carbocycles. The predicted octanol–water partition coefficient (Wildman–Crippen LogP) is 3.17. The van der Waals surface area contributed by atoms with Crippen LogP contribution in [0.3, 0.4) is 0 Å². The van der Waals surface area contributed by atoms with Crippen molar-refractivity contribution in [3.63, 3.8) is 0 Å². The van der Waals surface area contributed by atoms with E-state index in [2.05, 4.69) is 0 Å². The summed E-state index contributed by atoms with van der Waals surface area (Å²) in [5, 5.41) is 0. The predicted molar refractivity (Wildman–Crippen MR) is 83.1 cm³/mol. The Morgan fingerprint density at radius 1 is 1.33 bits per heavy atom. The van der Waals surface area contributed by atoms with E-state index in [0.717, 1.165) is 12.1 Å². The Morgan fingerprint density at radius 3 is 2.58 bits per heavy atom. The van der Waals surface area contributed by atoms with E-state index in [9.17, 15) is 18.0 Å². The molecule has 4 nitrogen and oxygen atoms in total. The maximum Gasteiger partial charge on any atom is 0.416 e. The molecular formula is C17H19F3N2O2. The van der Waals surface area contributed by atoms with Crippen LogP contribution in [0.1, 0.15) is 37.8 Å². The first-order chi connectivity index (χ1) is 11.1. The average Bonchev–Trinajstić information content (AvgIpc) is 2.89. The lowest BCUT2D eigenvalue weighted by atomic mass is 9.88. The first-order valence-electron chi connectivity index (χ1n) is 7.80. The Hall–Kier alpha value is -2.02. The van der Waals surface area contributed by atoms with Crippen LogP contribution in [0.2, 0.25) is 0 Å². The van der Waals surface area contributed by atoms with E-state index < -0.39 is 17.3 Å². The molecule has 2 aliphatic heterocycles. The number of rotatable bonds is 2. The van der Waals surface area contributed by atoms with Crippen molar-refractivity contribution < 1.29 is 22.7 Å². The molecule has 0 unspecified atom stereocenters. The zero-order valence-electron chi connectivity index (χ0n) is 13.5. The molecule has 7 heteroatoms. The minimum Gasteiger partial charge on any atom is -0.483 e. The molecule has 0 aromatic heterocycles. The number of nitrogens with zero attached hydrogens (tertiary/aromatic N) is 1. The van der Waals surface area contributed by atoms with Crippen molar-refractivity contribution in [2.75, 3.05) is 13.1 Å². The van der Waals surface area contributed by atoms with Crippen LogP contribution in [-0.4, -0.2) is 29.5 Å². The van der Waals surface area contributed by atoms with Crippen molar-refractivity contribution in [1.29, 1.82) is 0 Å². The van der Waals surface area contributed by atoms with Gasteiger partial charge in [0, 0.05) is 30.6 Å². The van der Waals surface area contributed by atoms with Gasteiger partial charge in [-0.05, 0) is 38.5 Å². The number of likely N-dealkylation sites (tertiary alicyclic amines) is 1. The molecule has 130 valence electrons. The summed E-state index contributed by atoms with van der Waals surface area (Å²) in [4.78, 5) is 13.8. The summed E-state index contributed by atoms with van der Waals surface area (Å²) in [7, 11) is 0. The zero-order valence-corrected chi connectivity index (χ0v) is 13.5. The van der Waals surface area contributed by atoms with Gasteiger partial charge in [-0.25, -0.2) is 0 Å². The fourth-order valence-electron chi connectivity index (χ4n) is 3.30. The number of fused-ring (bicyclic) bond motifs is 1. The number of alkyl halides is 3. The molecule has 0 spiro atoms. The number of amides is 1. The Bertz CT molecular complexity index is 723. The van der Waals surface area contributed by atoms with E-state index in [1.165, 1.54) is 6.07 Å². The van der Waals surface area contributed by atoms with Gasteiger partial charge in [0.05, 0.1) is 11.3 Å². The molecule has 2 N–H and O–H groups in total. The average molecular weight is 340 g/mol. The van der Waals surface area contributed by atoms with Crippen molar-refractivity contribution in [2.45, 2.75) is 38.5 Å². The van der Waals surface area contributed by atoms with E-state index in [1.807, 2.05) is 0 Å². The molecule has 1 saturated heterocycles. The van der Waals surface area contributed by atoms with Crippen LogP contribution < -0.4 is 10.5 Å². The van der Waals surface area contributed by atoms with E-state index >= 15 is 0 Å². The van der Waals surface area contributed by atoms with Gasteiger partial charge in [-0.2, -0.15) is 13.2 Å². The van der Waals surface area contributed by atoms with Crippen LogP contribution in [0.15, 0.2) is 23.8 Å². The molecule has 0 saturated carbocycles. The minimum absolute atomic E-state index is 0.0990. The second-order valence-corrected chi connectivity index (χ2v) is 6.50. The summed E-state index contributed by atoms with van der Waals surface area (Å²) in [5.74, 6) is 0.233. The van der Waals surface area contributed by atoms with Gasteiger partial charge in [0.2, 0.25) is 5.91 Å². The summed E-state index contributed by atoms with van der Waals surface area (Å²) in [6, 6.07) is 3.35. The topological polar surface area (TPSA) is 55.6 Å². The normalized spacial score (nSPS) is 20.2. The Labute approximate surface area is 138 Å². The van der Waals surface area contributed by atoms with Crippen molar-refractivity contribution in [1.82, 2.24) is 4.90 Å². The zero-order chi connectivity index (χ0) is 17.7. The third-order valence-electron chi connectivity index (χ3n) is 4.49. The SMILES string of the molecule is CC1(C)Oc2ccc(C(F)(F)F)cc2C(N2CCCC2=O)=C1CN. The smallest absolute Gasteiger partial charge is 0.416 e. The van der Waals surface area contributed by atoms with Crippen molar-refractivity contribution in [3.05, 3.63) is 34.9 Å². The maximum atomic E-state index is 13.1. The van der Waals surface area contributed by atoms with E-state index in [-0.39, 0.29) is 18.0 Å². The van der Waals surface area contributed by atoms with E-state index in [4.69, 9.17) is 10.5 Å². The quantitative estimate of drug-likeness (QED) is 0.900. The molecule has 0 radical (unpaired) electrons. The highest BCUT2D eigenvalue weighted by Gasteiger charge is 2.40. The lowest BCUT2D eigenvalue weighted by Crippen LogP contribution is -2.41. The molecule has 1 amide bonds. The highest BCUT2D eigenvalue weighted by atomic mass is 19.4. The van der Waals surface area contributed by atoms with E-state index in [1.54, 1.807) is 18.7 Å². The van der Waals surface area contributed by atoms with Gasteiger partial charge in [-0.15, -0.1) is 0 Å². The van der Waals surface area contributed by atoms with E-state index in [0.29, 0.717) is 36.4 Å². The molecule has 1 fully saturated rings. The summed E-state index contributed by atoms with van der Waals surface area (Å²) < 4.78 is 45.2. The van der Waals surface area contributed by atoms with Crippen molar-refractivity contribution in [2.24, 2.45) is 5.73 Å². The number of halogens is 3. The maximum absolute atomic E-state index is 13.1. The fraction of sp³-hybridized carbons (Fsp3) is 0.471. The fourth-order valence-corrected chi connectivity index (χ4v) is 3.30. The highest BCUT2D eigenvalue weighted by molar-refractivity contribution is 5.91. The molecule has 2 aliphatic rings. The first-order valence-corrected chi connectivity index (χ1v) is 7.80. The monoisotopic (exact) mass is 340 g/mol. The van der Waals surface area contributed by atoms with Gasteiger partial charge < -0.3 is 15.4 Å². The molecule has 1 aromatic rings. The van der Waals surface area contributed by atoms with Gasteiger partial charge in [-0.3, -0.25) is 4.79 Å². The Kier molecular flexibility index (Phi) is 3.86. The number of benzene rings is 1. The van der Waals surface area contributed by atoms with Gasteiger partial charge in [0.1, 0.15) is 11.4 Å². The van der Waals surface area contributed by atoms with Crippen LogP contribution in [-0.2, 0) is 11.0 Å². The molecular weight excluding hydrogens is 321 g/mol. The number of carbonyl (C=O) groups excluding carboxylic acids is 1. The Balaban J connectivity index is 2.24. The highest BCUT2D eigenvalue weighted by Crippen LogP contribution is 2.45. The van der Waals surface area contributed by atoms with Crippen LogP contribution >= 0.6 is 0 Å². The van der Waals surface area contributed by atoms with Crippen LogP contribution in [0.5, 0.6) is 5.75 Å². The van der Waals surface area contributed by atoms with Gasteiger partial charge in [-0.1, -0.05) is 0 Å². The standard InChI is InChI=1S/C17H19F3N2O2/c1-16(2)12(9-21)15(22-7-3-4-14(22)23)11-8-10(17(18,19)20)5-6-13(11)24-16/h5-6,8H,3-4,7,9,21H2,1-2H3. The summed E-state index contributed by atoms with van der Waals surface area (Å²) in [5.41, 5.74) is 5.68. The van der Waals surface area contributed by atoms with Crippen LogP contribution in [0.25, 0.3) is 5.70 Å². The lowest BCUT2D eigenvalue weighted by molar-refractivity contribution is -0.137. The second kappa shape index (κ2) is 5.51. The molecule has 2 heterocycles. The Morgan fingerprint density at radius 2 is 2.04 bits per heavy atom.